The van der Waals surface area contributed by atoms with Crippen LogP contribution in [0, 0.1) is 0 Å². The van der Waals surface area contributed by atoms with Crippen LogP contribution in [0.1, 0.15) is 27.7 Å². The maximum atomic E-state index is 4.83. The molecule has 0 bridgehead atoms. The molecule has 0 aromatic carbocycles. The molecule has 0 atom stereocenters. The Morgan fingerprint density at radius 2 is 1.10 bits per heavy atom. The van der Waals surface area contributed by atoms with Gasteiger partial charge in [0, 0.05) is 27.4 Å². The lowest BCUT2D eigenvalue weighted by molar-refractivity contribution is 0.159. The van der Waals surface area contributed by atoms with Gasteiger partial charge in [-0.15, -0.1) is 0 Å². The molecule has 0 amide bonds. The van der Waals surface area contributed by atoms with Gasteiger partial charge < -0.3 is 9.47 Å². The summed E-state index contributed by atoms with van der Waals surface area (Å²) in [5.41, 5.74) is 0. The fourth-order valence-corrected chi connectivity index (χ4v) is 0.493. The Bertz CT molecular complexity index is 32.2. The largest absolute Gasteiger partial charge is 0.385 e. The highest BCUT2D eigenvalue weighted by Gasteiger charge is 1.83. The highest BCUT2D eigenvalue weighted by atomic mass is 16.5. The van der Waals surface area contributed by atoms with Crippen LogP contribution in [0.2, 0.25) is 0 Å². The second-order valence-electron chi connectivity index (χ2n) is 1.69. The summed E-state index contributed by atoms with van der Waals surface area (Å²) in [7, 11) is 3.43. The molecule has 2 nitrogen and oxygen atoms in total. The molecule has 2 heteroatoms. The van der Waals surface area contributed by atoms with Crippen molar-refractivity contribution in [2.75, 3.05) is 27.4 Å². The number of hydrogen-bond acceptors (Lipinski definition) is 2. The van der Waals surface area contributed by atoms with E-state index in [4.69, 9.17) is 9.47 Å². The van der Waals surface area contributed by atoms with Gasteiger partial charge in [-0.05, 0) is 12.8 Å². The van der Waals surface area contributed by atoms with Crippen molar-refractivity contribution in [3.05, 3.63) is 0 Å². The smallest absolute Gasteiger partial charge is 0.0463 e. The van der Waals surface area contributed by atoms with Crippen LogP contribution in [0.25, 0.3) is 0 Å². The molecule has 0 fully saturated rings. The Balaban J connectivity index is -0.000000245. The first-order valence-electron chi connectivity index (χ1n) is 2.89. The molecule has 0 aliphatic heterocycles. The molecule has 0 saturated heterocycles. The van der Waals surface area contributed by atoms with Crippen LogP contribution >= 0.6 is 0 Å². The fourth-order valence-electron chi connectivity index (χ4n) is 0.493. The predicted molar refractivity (Wildman–Crippen MR) is 46.4 cm³/mol. The Kier molecular flexibility index (Phi) is 26.3. The average molecular weight is 150 g/mol. The van der Waals surface area contributed by atoms with Gasteiger partial charge in [-0.25, -0.2) is 0 Å². The van der Waals surface area contributed by atoms with Crippen molar-refractivity contribution < 1.29 is 9.47 Å². The summed E-state index contributed by atoms with van der Waals surface area (Å²) in [6.45, 7) is 1.70. The Morgan fingerprint density at radius 1 is 0.800 bits per heavy atom. The van der Waals surface area contributed by atoms with Crippen LogP contribution in [-0.4, -0.2) is 27.4 Å². The van der Waals surface area contributed by atoms with Crippen molar-refractivity contribution in [3.8, 4) is 0 Å². The minimum Gasteiger partial charge on any atom is -0.385 e. The summed E-state index contributed by atoms with van der Waals surface area (Å²) in [6.07, 6.45) is 2.20. The van der Waals surface area contributed by atoms with Crippen LogP contribution in [0.4, 0.5) is 0 Å². The SMILES string of the molecule is C.C.COCCCCOC. The molecule has 0 unspecified atom stereocenters. The maximum absolute atomic E-state index is 4.83. The first-order valence-corrected chi connectivity index (χ1v) is 2.89. The quantitative estimate of drug-likeness (QED) is 0.560. The third kappa shape index (κ3) is 15.7. The van der Waals surface area contributed by atoms with E-state index in [2.05, 4.69) is 0 Å². The van der Waals surface area contributed by atoms with E-state index in [-0.39, 0.29) is 14.9 Å². The topological polar surface area (TPSA) is 18.5 Å². The summed E-state index contributed by atoms with van der Waals surface area (Å²) in [5, 5.41) is 0. The van der Waals surface area contributed by atoms with Gasteiger partial charge in [-0.1, -0.05) is 14.9 Å². The molecule has 0 aliphatic rings. The molecule has 0 aromatic heterocycles. The number of rotatable bonds is 5. The first-order chi connectivity index (χ1) is 3.91. The van der Waals surface area contributed by atoms with Crippen molar-refractivity contribution in [3.63, 3.8) is 0 Å². The zero-order valence-electron chi connectivity index (χ0n) is 5.64. The molecular formula is C8H22O2. The number of unbranched alkanes of at least 4 members (excludes halogenated alkanes) is 1. The highest BCUT2D eigenvalue weighted by molar-refractivity contribution is 4.34. The molecule has 66 valence electrons. The van der Waals surface area contributed by atoms with E-state index in [0.717, 1.165) is 26.1 Å². The third-order valence-corrected chi connectivity index (χ3v) is 0.947. The van der Waals surface area contributed by atoms with Gasteiger partial charge in [0.2, 0.25) is 0 Å². The zero-order valence-corrected chi connectivity index (χ0v) is 5.64. The Hall–Kier alpha value is -0.0800. The summed E-state index contributed by atoms with van der Waals surface area (Å²) >= 11 is 0. The third-order valence-electron chi connectivity index (χ3n) is 0.947. The summed E-state index contributed by atoms with van der Waals surface area (Å²) < 4.78 is 9.67. The average Bonchev–Trinajstić information content (AvgIpc) is 1.81. The van der Waals surface area contributed by atoms with Gasteiger partial charge in [0.05, 0.1) is 0 Å². The van der Waals surface area contributed by atoms with Crippen molar-refractivity contribution in [2.45, 2.75) is 27.7 Å². The van der Waals surface area contributed by atoms with Crippen LogP contribution in [0.15, 0.2) is 0 Å². The van der Waals surface area contributed by atoms with Gasteiger partial charge >= 0.3 is 0 Å². The summed E-state index contributed by atoms with van der Waals surface area (Å²) in [5.74, 6) is 0. The van der Waals surface area contributed by atoms with E-state index in [9.17, 15) is 0 Å². The maximum Gasteiger partial charge on any atom is 0.0463 e. The van der Waals surface area contributed by atoms with Crippen LogP contribution in [0.5, 0.6) is 0 Å². The van der Waals surface area contributed by atoms with E-state index >= 15 is 0 Å². The fraction of sp³-hybridized carbons (Fsp3) is 1.00. The zero-order chi connectivity index (χ0) is 6.24. The van der Waals surface area contributed by atoms with Crippen LogP contribution < -0.4 is 0 Å². The van der Waals surface area contributed by atoms with Crippen LogP contribution in [0.3, 0.4) is 0 Å². The molecule has 0 rings (SSSR count). The lowest BCUT2D eigenvalue weighted by Gasteiger charge is -1.96. The van der Waals surface area contributed by atoms with Gasteiger partial charge in [0.1, 0.15) is 0 Å². The molecule has 0 aliphatic carbocycles. The minimum atomic E-state index is 0. The van der Waals surface area contributed by atoms with E-state index in [1.54, 1.807) is 14.2 Å². The van der Waals surface area contributed by atoms with Crippen molar-refractivity contribution in [1.29, 1.82) is 0 Å². The molecule has 0 spiro atoms. The molecule has 0 N–H and O–H groups in total. The summed E-state index contributed by atoms with van der Waals surface area (Å²) in [4.78, 5) is 0. The molecule has 0 heterocycles. The van der Waals surface area contributed by atoms with E-state index < -0.39 is 0 Å². The van der Waals surface area contributed by atoms with Crippen molar-refractivity contribution in [2.24, 2.45) is 0 Å². The first kappa shape index (κ1) is 16.5. The standard InChI is InChI=1S/C6H14O2.2CH4/c1-7-5-3-4-6-8-2;;/h3-6H2,1-2H3;2*1H4. The lowest BCUT2D eigenvalue weighted by atomic mass is 10.3. The van der Waals surface area contributed by atoms with Gasteiger partial charge in [0.25, 0.3) is 0 Å². The van der Waals surface area contributed by atoms with Crippen LogP contribution in [-0.2, 0) is 9.47 Å². The number of hydrogen-bond donors (Lipinski definition) is 0. The number of methoxy groups -OCH3 is 2. The minimum absolute atomic E-state index is 0. The van der Waals surface area contributed by atoms with Crippen molar-refractivity contribution >= 4 is 0 Å². The van der Waals surface area contributed by atoms with Gasteiger partial charge in [-0.2, -0.15) is 0 Å². The van der Waals surface area contributed by atoms with E-state index in [1.165, 1.54) is 0 Å². The van der Waals surface area contributed by atoms with Crippen molar-refractivity contribution in [1.82, 2.24) is 0 Å². The second-order valence-corrected chi connectivity index (χ2v) is 1.69. The van der Waals surface area contributed by atoms with E-state index in [1.807, 2.05) is 0 Å². The second kappa shape index (κ2) is 16.0. The number of ether oxygens (including phenoxy) is 2. The summed E-state index contributed by atoms with van der Waals surface area (Å²) in [6, 6.07) is 0. The normalized spacial score (nSPS) is 7.80. The molecule has 0 saturated carbocycles. The predicted octanol–water partition coefficient (Wildman–Crippen LogP) is 2.33. The molecule has 0 radical (unpaired) electrons. The van der Waals surface area contributed by atoms with E-state index in [0.29, 0.717) is 0 Å². The monoisotopic (exact) mass is 150 g/mol. The molecule has 0 aromatic rings. The van der Waals surface area contributed by atoms with Gasteiger partial charge in [0.15, 0.2) is 0 Å². The Labute approximate surface area is 65.5 Å². The molecule has 10 heavy (non-hydrogen) atoms. The Morgan fingerprint density at radius 3 is 1.30 bits per heavy atom. The van der Waals surface area contributed by atoms with Gasteiger partial charge in [-0.3, -0.25) is 0 Å². The molecular weight excluding hydrogens is 128 g/mol. The lowest BCUT2D eigenvalue weighted by Crippen LogP contribution is -1.92. The highest BCUT2D eigenvalue weighted by Crippen LogP contribution is 1.87.